The molecule has 0 spiro atoms. The molecule has 0 atom stereocenters. The van der Waals surface area contributed by atoms with Crippen LogP contribution in [0.4, 0.5) is 5.69 Å². The molecule has 1 aliphatic heterocycles. The van der Waals surface area contributed by atoms with E-state index < -0.39 is 0 Å². The van der Waals surface area contributed by atoms with Crippen molar-refractivity contribution in [3.05, 3.63) is 28.8 Å². The summed E-state index contributed by atoms with van der Waals surface area (Å²) in [7, 11) is 0. The fourth-order valence-corrected chi connectivity index (χ4v) is 2.12. The highest BCUT2D eigenvalue weighted by molar-refractivity contribution is 6.30. The van der Waals surface area contributed by atoms with Gasteiger partial charge < -0.3 is 14.7 Å². The Morgan fingerprint density at radius 2 is 2.19 bits per heavy atom. The summed E-state index contributed by atoms with van der Waals surface area (Å²) in [6, 6.07) is 5.60. The van der Waals surface area contributed by atoms with E-state index in [1.54, 1.807) is 0 Å². The van der Waals surface area contributed by atoms with Gasteiger partial charge in [-0.1, -0.05) is 17.7 Å². The first-order chi connectivity index (χ1) is 7.81. The molecule has 0 aromatic heterocycles. The number of benzene rings is 1. The van der Waals surface area contributed by atoms with Crippen LogP contribution in [0.1, 0.15) is 12.0 Å². The smallest absolute Gasteiger partial charge is 0.0702 e. The van der Waals surface area contributed by atoms with E-state index in [0.717, 1.165) is 44.0 Å². The maximum Gasteiger partial charge on any atom is 0.0702 e. The normalized spacial score (nSPS) is 17.2. The molecule has 0 bridgehead atoms. The van der Waals surface area contributed by atoms with Crippen molar-refractivity contribution in [1.29, 1.82) is 0 Å². The molecule has 1 aromatic carbocycles. The second-order valence-electron chi connectivity index (χ2n) is 3.88. The number of hydrogen-bond donors (Lipinski definition) is 1. The van der Waals surface area contributed by atoms with Gasteiger partial charge in [-0.2, -0.15) is 0 Å². The number of nitrogens with zero attached hydrogens (tertiary/aromatic N) is 1. The largest absolute Gasteiger partial charge is 0.392 e. The average molecular weight is 242 g/mol. The van der Waals surface area contributed by atoms with E-state index in [2.05, 4.69) is 4.90 Å². The highest BCUT2D eigenvalue weighted by atomic mass is 35.5. The highest BCUT2D eigenvalue weighted by Crippen LogP contribution is 2.25. The Morgan fingerprint density at radius 3 is 3.00 bits per heavy atom. The van der Waals surface area contributed by atoms with Crippen LogP contribution in [0.5, 0.6) is 0 Å². The zero-order valence-electron chi connectivity index (χ0n) is 9.16. The quantitative estimate of drug-likeness (QED) is 0.861. The number of aliphatic hydroxyl groups excluding tert-OH is 1. The van der Waals surface area contributed by atoms with Crippen molar-refractivity contribution in [2.24, 2.45) is 0 Å². The van der Waals surface area contributed by atoms with Crippen LogP contribution < -0.4 is 4.90 Å². The van der Waals surface area contributed by atoms with Gasteiger partial charge in [0, 0.05) is 36.0 Å². The second-order valence-corrected chi connectivity index (χ2v) is 4.32. The van der Waals surface area contributed by atoms with Gasteiger partial charge in [0.2, 0.25) is 0 Å². The van der Waals surface area contributed by atoms with Crippen LogP contribution in [0.3, 0.4) is 0 Å². The van der Waals surface area contributed by atoms with Gasteiger partial charge in [-0.25, -0.2) is 0 Å². The Morgan fingerprint density at radius 1 is 1.31 bits per heavy atom. The minimum absolute atomic E-state index is 0.0455. The molecule has 1 saturated heterocycles. The molecule has 0 amide bonds. The topological polar surface area (TPSA) is 32.7 Å². The monoisotopic (exact) mass is 241 g/mol. The predicted octanol–water partition coefficient (Wildman–Crippen LogP) is 2.06. The number of anilines is 1. The molecule has 0 unspecified atom stereocenters. The molecule has 3 nitrogen and oxygen atoms in total. The summed E-state index contributed by atoms with van der Waals surface area (Å²) in [5, 5.41) is 10.0. The third-order valence-corrected chi connectivity index (χ3v) is 3.02. The van der Waals surface area contributed by atoms with Crippen LogP contribution in [0.2, 0.25) is 5.02 Å². The second kappa shape index (κ2) is 5.53. The maximum atomic E-state index is 9.31. The maximum absolute atomic E-state index is 9.31. The zero-order chi connectivity index (χ0) is 11.4. The molecule has 2 rings (SSSR count). The van der Waals surface area contributed by atoms with Crippen molar-refractivity contribution in [3.63, 3.8) is 0 Å². The van der Waals surface area contributed by atoms with Gasteiger partial charge >= 0.3 is 0 Å². The van der Waals surface area contributed by atoms with Gasteiger partial charge in [0.05, 0.1) is 13.2 Å². The molecule has 0 saturated carbocycles. The summed E-state index contributed by atoms with van der Waals surface area (Å²) in [5.74, 6) is 0. The van der Waals surface area contributed by atoms with Crippen LogP contribution >= 0.6 is 11.6 Å². The van der Waals surface area contributed by atoms with Crippen LogP contribution in [-0.2, 0) is 11.3 Å². The fraction of sp³-hybridized carbons (Fsp3) is 0.500. The third-order valence-electron chi connectivity index (χ3n) is 2.78. The number of halogens is 1. The Kier molecular flexibility index (Phi) is 4.04. The van der Waals surface area contributed by atoms with Gasteiger partial charge in [0.15, 0.2) is 0 Å². The molecule has 4 heteroatoms. The molecule has 1 heterocycles. The molecule has 1 aromatic rings. The number of aliphatic hydroxyl groups is 1. The SMILES string of the molecule is OCc1ccc(Cl)cc1N1CCCOCC1. The summed E-state index contributed by atoms with van der Waals surface area (Å²) in [6.07, 6.45) is 1.01. The molecular weight excluding hydrogens is 226 g/mol. The molecular formula is C12H16ClNO2. The lowest BCUT2D eigenvalue weighted by atomic mass is 10.1. The lowest BCUT2D eigenvalue weighted by molar-refractivity contribution is 0.152. The minimum atomic E-state index is 0.0455. The van der Waals surface area contributed by atoms with E-state index in [-0.39, 0.29) is 6.61 Å². The summed E-state index contributed by atoms with van der Waals surface area (Å²) < 4.78 is 5.41. The fourth-order valence-electron chi connectivity index (χ4n) is 1.95. The Hall–Kier alpha value is -0.770. The van der Waals surface area contributed by atoms with Gasteiger partial charge in [-0.05, 0) is 18.6 Å². The summed E-state index contributed by atoms with van der Waals surface area (Å²) >= 11 is 5.99. The third kappa shape index (κ3) is 2.67. The molecule has 88 valence electrons. The van der Waals surface area contributed by atoms with E-state index in [9.17, 15) is 5.11 Å². The molecule has 1 fully saturated rings. The highest BCUT2D eigenvalue weighted by Gasteiger charge is 2.13. The Bertz CT molecular complexity index is 349. The number of hydrogen-bond acceptors (Lipinski definition) is 3. The van der Waals surface area contributed by atoms with Crippen molar-refractivity contribution >= 4 is 17.3 Å². The molecule has 1 N–H and O–H groups in total. The van der Waals surface area contributed by atoms with Crippen molar-refractivity contribution in [1.82, 2.24) is 0 Å². The average Bonchev–Trinajstić information content (AvgIpc) is 2.57. The number of rotatable bonds is 2. The summed E-state index contributed by atoms with van der Waals surface area (Å²) in [6.45, 7) is 3.40. The Labute approximate surface area is 101 Å². The number of ether oxygens (including phenoxy) is 1. The van der Waals surface area contributed by atoms with Crippen molar-refractivity contribution in [3.8, 4) is 0 Å². The summed E-state index contributed by atoms with van der Waals surface area (Å²) in [5.41, 5.74) is 1.95. The van der Waals surface area contributed by atoms with Crippen molar-refractivity contribution < 1.29 is 9.84 Å². The molecule has 0 radical (unpaired) electrons. The van der Waals surface area contributed by atoms with Crippen LogP contribution in [0.15, 0.2) is 18.2 Å². The van der Waals surface area contributed by atoms with Crippen molar-refractivity contribution in [2.45, 2.75) is 13.0 Å². The van der Waals surface area contributed by atoms with Gasteiger partial charge in [0.1, 0.15) is 0 Å². The van der Waals surface area contributed by atoms with E-state index >= 15 is 0 Å². The van der Waals surface area contributed by atoms with E-state index in [1.165, 1.54) is 0 Å². The van der Waals surface area contributed by atoms with Crippen LogP contribution in [-0.4, -0.2) is 31.4 Å². The lowest BCUT2D eigenvalue weighted by Crippen LogP contribution is -2.26. The Balaban J connectivity index is 2.25. The van der Waals surface area contributed by atoms with Gasteiger partial charge in [-0.15, -0.1) is 0 Å². The van der Waals surface area contributed by atoms with E-state index in [1.807, 2.05) is 18.2 Å². The molecule has 0 aliphatic carbocycles. The van der Waals surface area contributed by atoms with Gasteiger partial charge in [0.25, 0.3) is 0 Å². The van der Waals surface area contributed by atoms with E-state index in [4.69, 9.17) is 16.3 Å². The summed E-state index contributed by atoms with van der Waals surface area (Å²) in [4.78, 5) is 2.23. The molecule has 1 aliphatic rings. The van der Waals surface area contributed by atoms with Gasteiger partial charge in [-0.3, -0.25) is 0 Å². The van der Waals surface area contributed by atoms with E-state index in [0.29, 0.717) is 5.02 Å². The van der Waals surface area contributed by atoms with Crippen LogP contribution in [0, 0.1) is 0 Å². The molecule has 16 heavy (non-hydrogen) atoms. The first kappa shape index (κ1) is 11.7. The minimum Gasteiger partial charge on any atom is -0.392 e. The first-order valence-electron chi connectivity index (χ1n) is 5.53. The predicted molar refractivity (Wildman–Crippen MR) is 65.0 cm³/mol. The first-order valence-corrected chi connectivity index (χ1v) is 5.91. The standard InChI is InChI=1S/C12H16ClNO2/c13-11-3-2-10(9-15)12(8-11)14-4-1-6-16-7-5-14/h2-3,8,15H,1,4-7,9H2. The van der Waals surface area contributed by atoms with Crippen LogP contribution in [0.25, 0.3) is 0 Å². The van der Waals surface area contributed by atoms with Crippen molar-refractivity contribution in [2.75, 3.05) is 31.2 Å². The zero-order valence-corrected chi connectivity index (χ0v) is 9.91. The lowest BCUT2D eigenvalue weighted by Gasteiger charge is -2.24.